The number of benzene rings is 1. The zero-order chi connectivity index (χ0) is 21.7. The van der Waals surface area contributed by atoms with Gasteiger partial charge in [-0.05, 0) is 58.3 Å². The summed E-state index contributed by atoms with van der Waals surface area (Å²) in [5.74, 6) is 0.473. The Labute approximate surface area is 185 Å². The molecule has 3 aromatic rings. The summed E-state index contributed by atoms with van der Waals surface area (Å²) in [6.07, 6.45) is 0. The number of thiazole rings is 1. The van der Waals surface area contributed by atoms with Crippen molar-refractivity contribution >= 4 is 34.5 Å². The fraction of sp³-hybridized carbons (Fsp3) is 0.429. The molecule has 0 fully saturated rings. The third kappa shape index (κ3) is 5.62. The van der Waals surface area contributed by atoms with Crippen LogP contribution in [-0.2, 0) is 0 Å². The van der Waals surface area contributed by atoms with Gasteiger partial charge in [0.1, 0.15) is 27.9 Å². The third-order valence-corrected chi connectivity index (χ3v) is 6.44. The molecule has 160 valence electrons. The van der Waals surface area contributed by atoms with Gasteiger partial charge >= 0.3 is 0 Å². The highest BCUT2D eigenvalue weighted by Crippen LogP contribution is 2.29. The summed E-state index contributed by atoms with van der Waals surface area (Å²) in [5.41, 5.74) is 1.87. The van der Waals surface area contributed by atoms with Crippen molar-refractivity contribution in [3.8, 4) is 15.6 Å². The van der Waals surface area contributed by atoms with Gasteiger partial charge in [0.2, 0.25) is 0 Å². The molecule has 0 spiro atoms. The number of amides is 1. The lowest BCUT2D eigenvalue weighted by molar-refractivity contribution is 0.102. The van der Waals surface area contributed by atoms with Gasteiger partial charge in [0, 0.05) is 35.8 Å². The Hall–Kier alpha value is -2.36. The summed E-state index contributed by atoms with van der Waals surface area (Å²) in [6, 6.07) is 8.36. The van der Waals surface area contributed by atoms with Gasteiger partial charge in [-0.1, -0.05) is 10.6 Å². The van der Waals surface area contributed by atoms with Crippen molar-refractivity contribution in [2.24, 2.45) is 0 Å². The van der Waals surface area contributed by atoms with Gasteiger partial charge < -0.3 is 10.1 Å². The van der Waals surface area contributed by atoms with Crippen molar-refractivity contribution in [2.45, 2.75) is 46.7 Å². The molecule has 0 unspecified atom stereocenters. The summed E-state index contributed by atoms with van der Waals surface area (Å²) in [6.45, 7) is 12.1. The molecule has 0 aliphatic carbocycles. The maximum absolute atomic E-state index is 12.6. The van der Waals surface area contributed by atoms with E-state index in [1.54, 1.807) is 5.38 Å². The summed E-state index contributed by atoms with van der Waals surface area (Å²) in [5, 5.41) is 9.39. The molecule has 7 nitrogen and oxygen atoms in total. The molecule has 30 heavy (non-hydrogen) atoms. The minimum absolute atomic E-state index is 0.254. The van der Waals surface area contributed by atoms with E-state index in [0.29, 0.717) is 30.1 Å². The van der Waals surface area contributed by atoms with Gasteiger partial charge in [0.05, 0.1) is 5.69 Å². The van der Waals surface area contributed by atoms with E-state index in [9.17, 15) is 4.79 Å². The number of aromatic nitrogens is 3. The van der Waals surface area contributed by atoms with E-state index in [1.165, 1.54) is 22.9 Å². The lowest BCUT2D eigenvalue weighted by Gasteiger charge is -2.30. The molecule has 1 amide bonds. The van der Waals surface area contributed by atoms with Crippen LogP contribution >= 0.6 is 22.9 Å². The fourth-order valence-corrected chi connectivity index (χ4v) is 4.74. The number of hydrogen-bond acceptors (Lipinski definition) is 8. The van der Waals surface area contributed by atoms with Crippen LogP contribution in [0.2, 0.25) is 0 Å². The predicted molar refractivity (Wildman–Crippen MR) is 123 cm³/mol. The first kappa shape index (κ1) is 22.3. The molecule has 0 aliphatic rings. The normalized spacial score (nSPS) is 11.5. The first-order chi connectivity index (χ1) is 14.3. The van der Waals surface area contributed by atoms with Crippen LogP contribution in [0.25, 0.3) is 9.88 Å². The second-order valence-electron chi connectivity index (χ2n) is 7.48. The average Bonchev–Trinajstić information content (AvgIpc) is 3.33. The molecule has 3 rings (SSSR count). The summed E-state index contributed by atoms with van der Waals surface area (Å²) in [7, 11) is 0. The van der Waals surface area contributed by atoms with Crippen molar-refractivity contribution in [2.75, 3.05) is 18.5 Å². The van der Waals surface area contributed by atoms with Crippen molar-refractivity contribution in [3.05, 3.63) is 41.0 Å². The van der Waals surface area contributed by atoms with E-state index in [-0.39, 0.29) is 5.91 Å². The Morgan fingerprint density at radius 3 is 2.67 bits per heavy atom. The van der Waals surface area contributed by atoms with Gasteiger partial charge in [-0.2, -0.15) is 0 Å². The van der Waals surface area contributed by atoms with Crippen LogP contribution in [0.1, 0.15) is 43.9 Å². The number of aryl methyl sites for hydroxylation is 1. The number of rotatable bonds is 9. The summed E-state index contributed by atoms with van der Waals surface area (Å²) in [4.78, 5) is 20.3. The third-order valence-electron chi connectivity index (χ3n) is 4.62. The van der Waals surface area contributed by atoms with Crippen molar-refractivity contribution in [1.29, 1.82) is 0 Å². The van der Waals surface area contributed by atoms with Crippen LogP contribution < -0.4 is 10.1 Å². The second-order valence-corrected chi connectivity index (χ2v) is 9.09. The Balaban J connectivity index is 1.59. The van der Waals surface area contributed by atoms with E-state index < -0.39 is 0 Å². The number of nitrogens with zero attached hydrogens (tertiary/aromatic N) is 4. The Kier molecular flexibility index (Phi) is 7.52. The molecule has 9 heteroatoms. The van der Waals surface area contributed by atoms with E-state index in [4.69, 9.17) is 4.74 Å². The molecular weight excluding hydrogens is 418 g/mol. The van der Waals surface area contributed by atoms with E-state index in [0.717, 1.165) is 27.9 Å². The fourth-order valence-electron chi connectivity index (χ4n) is 3.15. The first-order valence-electron chi connectivity index (χ1n) is 9.90. The standard InChI is InChI=1S/C21H27N5O2S2/c1-13(2)26(14(3)4)9-10-28-17-8-6-7-16(11-17)22-20(27)18-12-29-21(23-18)19-15(5)24-25-30-19/h6-8,11-14H,9-10H2,1-5H3,(H,22,27). The van der Waals surface area contributed by atoms with Crippen LogP contribution in [0.5, 0.6) is 5.75 Å². The second kappa shape index (κ2) is 10.1. The molecular formula is C21H27N5O2S2. The number of carbonyl (C=O) groups excluding carboxylic acids is 1. The van der Waals surface area contributed by atoms with Gasteiger partial charge in [-0.3, -0.25) is 9.69 Å². The highest BCUT2D eigenvalue weighted by atomic mass is 32.1. The molecule has 0 atom stereocenters. The molecule has 0 radical (unpaired) electrons. The zero-order valence-electron chi connectivity index (χ0n) is 17.9. The maximum Gasteiger partial charge on any atom is 0.275 e. The number of carbonyl (C=O) groups is 1. The van der Waals surface area contributed by atoms with Gasteiger partial charge in [0.25, 0.3) is 5.91 Å². The van der Waals surface area contributed by atoms with Crippen molar-refractivity contribution in [1.82, 2.24) is 19.5 Å². The Bertz CT molecular complexity index is 975. The number of anilines is 1. The monoisotopic (exact) mass is 445 g/mol. The lowest BCUT2D eigenvalue weighted by atomic mass is 10.2. The summed E-state index contributed by atoms with van der Waals surface area (Å²) < 4.78 is 9.84. The highest BCUT2D eigenvalue weighted by molar-refractivity contribution is 7.18. The van der Waals surface area contributed by atoms with E-state index in [2.05, 4.69) is 52.5 Å². The minimum Gasteiger partial charge on any atom is -0.492 e. The number of nitrogens with one attached hydrogen (secondary N) is 1. The quantitative estimate of drug-likeness (QED) is 0.513. The molecule has 2 aromatic heterocycles. The van der Waals surface area contributed by atoms with Crippen LogP contribution in [0.4, 0.5) is 5.69 Å². The van der Waals surface area contributed by atoms with Crippen LogP contribution in [0.15, 0.2) is 29.6 Å². The molecule has 0 saturated heterocycles. The zero-order valence-corrected chi connectivity index (χ0v) is 19.5. The largest absolute Gasteiger partial charge is 0.492 e. The average molecular weight is 446 g/mol. The Morgan fingerprint density at radius 1 is 1.23 bits per heavy atom. The smallest absolute Gasteiger partial charge is 0.275 e. The highest BCUT2D eigenvalue weighted by Gasteiger charge is 2.16. The molecule has 0 aliphatic heterocycles. The molecule has 0 saturated carbocycles. The van der Waals surface area contributed by atoms with E-state index >= 15 is 0 Å². The topological polar surface area (TPSA) is 80.2 Å². The molecule has 0 bridgehead atoms. The van der Waals surface area contributed by atoms with Crippen LogP contribution in [0.3, 0.4) is 0 Å². The lowest BCUT2D eigenvalue weighted by Crippen LogP contribution is -2.39. The summed E-state index contributed by atoms with van der Waals surface area (Å²) >= 11 is 2.69. The SMILES string of the molecule is Cc1nnsc1-c1nc(C(=O)Nc2cccc(OCCN(C(C)C)C(C)C)c2)cs1. The van der Waals surface area contributed by atoms with Crippen molar-refractivity contribution in [3.63, 3.8) is 0 Å². The molecule has 1 N–H and O–H groups in total. The van der Waals surface area contributed by atoms with Gasteiger partial charge in [0.15, 0.2) is 0 Å². The van der Waals surface area contributed by atoms with Gasteiger partial charge in [-0.25, -0.2) is 4.98 Å². The van der Waals surface area contributed by atoms with Crippen LogP contribution in [0, 0.1) is 6.92 Å². The van der Waals surface area contributed by atoms with Gasteiger partial charge in [-0.15, -0.1) is 16.4 Å². The first-order valence-corrected chi connectivity index (χ1v) is 11.5. The molecule has 1 aromatic carbocycles. The number of ether oxygens (including phenoxy) is 1. The van der Waals surface area contributed by atoms with E-state index in [1.807, 2.05) is 31.2 Å². The molecule has 2 heterocycles. The number of hydrogen-bond donors (Lipinski definition) is 1. The minimum atomic E-state index is -0.254. The Morgan fingerprint density at radius 2 is 2.00 bits per heavy atom. The van der Waals surface area contributed by atoms with Crippen molar-refractivity contribution < 1.29 is 9.53 Å². The van der Waals surface area contributed by atoms with Crippen LogP contribution in [-0.4, -0.2) is 50.6 Å². The maximum atomic E-state index is 12.6. The predicted octanol–water partition coefficient (Wildman–Crippen LogP) is 4.72.